The van der Waals surface area contributed by atoms with E-state index in [-0.39, 0.29) is 25.0 Å². The number of rotatable bonds is 3. The number of hydrogen-bond acceptors (Lipinski definition) is 3. The lowest BCUT2D eigenvalue weighted by Crippen LogP contribution is -2.41. The Morgan fingerprint density at radius 2 is 1.95 bits per heavy atom. The molecule has 0 spiro atoms. The minimum atomic E-state index is -0.973. The number of nitrogens with one attached hydrogen (secondary N) is 1. The summed E-state index contributed by atoms with van der Waals surface area (Å²) in [4.78, 5) is 25.8. The molecule has 0 bridgehead atoms. The average molecular weight is 287 g/mol. The summed E-state index contributed by atoms with van der Waals surface area (Å²) in [6.45, 7) is 2.30. The summed E-state index contributed by atoms with van der Waals surface area (Å²) in [7, 11) is 0. The van der Waals surface area contributed by atoms with Crippen molar-refractivity contribution in [3.05, 3.63) is 34.9 Å². The Labute approximate surface area is 124 Å². The van der Waals surface area contributed by atoms with Crippen molar-refractivity contribution in [3.8, 4) is 0 Å². The van der Waals surface area contributed by atoms with Crippen LogP contribution in [0.3, 0.4) is 0 Å². The number of hydrogen-bond donors (Lipinski definition) is 2. The van der Waals surface area contributed by atoms with E-state index in [9.17, 15) is 9.59 Å². The summed E-state index contributed by atoms with van der Waals surface area (Å²) < 4.78 is 0. The van der Waals surface area contributed by atoms with E-state index in [1.165, 1.54) is 28.9 Å². The number of carbonyl (C=O) groups is 2. The first-order valence-electron chi connectivity index (χ1n) is 7.53. The van der Waals surface area contributed by atoms with Crippen LogP contribution in [-0.2, 0) is 23.2 Å². The smallest absolute Gasteiger partial charge is 0.325 e. The lowest BCUT2D eigenvalue weighted by atomic mass is 9.85. The van der Waals surface area contributed by atoms with Gasteiger partial charge >= 0.3 is 6.03 Å². The molecule has 3 rings (SSSR count). The Kier molecular flexibility index (Phi) is 3.45. The number of fused-ring (bicyclic) bond motifs is 1. The molecule has 21 heavy (non-hydrogen) atoms. The number of nitrogens with two attached hydrogens (primary N) is 1. The molecule has 1 aromatic carbocycles. The van der Waals surface area contributed by atoms with Crippen molar-refractivity contribution in [3.63, 3.8) is 0 Å². The Balaban J connectivity index is 1.96. The molecule has 1 unspecified atom stereocenters. The maximum Gasteiger partial charge on any atom is 0.325 e. The van der Waals surface area contributed by atoms with Crippen LogP contribution in [0.5, 0.6) is 0 Å². The normalized spacial score (nSPS) is 25.0. The van der Waals surface area contributed by atoms with Crippen LogP contribution < -0.4 is 11.1 Å². The molecule has 1 heterocycles. The van der Waals surface area contributed by atoms with Crippen molar-refractivity contribution in [1.82, 2.24) is 10.2 Å². The predicted octanol–water partition coefficient (Wildman–Crippen LogP) is 1.29. The first kappa shape index (κ1) is 14.1. The summed E-state index contributed by atoms with van der Waals surface area (Å²) in [5.74, 6) is -0.214. The van der Waals surface area contributed by atoms with Crippen LogP contribution in [0.1, 0.15) is 36.5 Å². The van der Waals surface area contributed by atoms with Crippen molar-refractivity contribution >= 4 is 11.9 Å². The summed E-state index contributed by atoms with van der Waals surface area (Å²) >= 11 is 0. The SMILES string of the molecule is CC1(c2ccc3c(c2)CCCC3)NC(=O)N(CCN)C1=O. The standard InChI is InChI=1S/C16H21N3O2/c1-16(14(20)19(9-8-17)15(21)18-16)13-7-6-11-4-2-3-5-12(11)10-13/h6-7,10H,2-5,8-9,17H2,1H3,(H,18,21). The average Bonchev–Trinajstić information content (AvgIpc) is 2.71. The lowest BCUT2D eigenvalue weighted by molar-refractivity contribution is -0.131. The number of aryl methyl sites for hydroxylation is 2. The predicted molar refractivity (Wildman–Crippen MR) is 79.7 cm³/mol. The van der Waals surface area contributed by atoms with Gasteiger partial charge in [0.2, 0.25) is 0 Å². The van der Waals surface area contributed by atoms with Gasteiger partial charge in [0, 0.05) is 13.1 Å². The van der Waals surface area contributed by atoms with Crippen LogP contribution in [0, 0.1) is 0 Å². The summed E-state index contributed by atoms with van der Waals surface area (Å²) in [6.07, 6.45) is 4.57. The van der Waals surface area contributed by atoms with Crippen molar-refractivity contribution in [2.75, 3.05) is 13.1 Å². The fraction of sp³-hybridized carbons (Fsp3) is 0.500. The van der Waals surface area contributed by atoms with Gasteiger partial charge < -0.3 is 11.1 Å². The Morgan fingerprint density at radius 3 is 2.67 bits per heavy atom. The van der Waals surface area contributed by atoms with Crippen molar-refractivity contribution < 1.29 is 9.59 Å². The van der Waals surface area contributed by atoms with Gasteiger partial charge in [0.05, 0.1) is 0 Å². The molecule has 0 radical (unpaired) electrons. The largest absolute Gasteiger partial charge is 0.329 e. The van der Waals surface area contributed by atoms with E-state index in [2.05, 4.69) is 17.4 Å². The Hall–Kier alpha value is -1.88. The number of carbonyl (C=O) groups excluding carboxylic acids is 2. The lowest BCUT2D eigenvalue weighted by Gasteiger charge is -2.25. The van der Waals surface area contributed by atoms with Crippen LogP contribution in [0.25, 0.3) is 0 Å². The molecule has 112 valence electrons. The molecule has 1 aliphatic carbocycles. The molecule has 1 aromatic rings. The summed E-state index contributed by atoms with van der Waals surface area (Å²) in [5, 5.41) is 2.82. The van der Waals surface area contributed by atoms with Gasteiger partial charge in [-0.25, -0.2) is 4.79 Å². The minimum Gasteiger partial charge on any atom is -0.329 e. The summed E-state index contributed by atoms with van der Waals surface area (Å²) in [5.41, 5.74) is 8.04. The van der Waals surface area contributed by atoms with Crippen LogP contribution in [0.15, 0.2) is 18.2 Å². The minimum absolute atomic E-state index is 0.214. The van der Waals surface area contributed by atoms with E-state index in [4.69, 9.17) is 5.73 Å². The zero-order valence-electron chi connectivity index (χ0n) is 12.3. The molecule has 3 N–H and O–H groups in total. The van der Waals surface area contributed by atoms with Gasteiger partial charge in [-0.3, -0.25) is 9.69 Å². The highest BCUT2D eigenvalue weighted by molar-refractivity contribution is 6.07. The highest BCUT2D eigenvalue weighted by atomic mass is 16.2. The van der Waals surface area contributed by atoms with E-state index < -0.39 is 5.54 Å². The van der Waals surface area contributed by atoms with Crippen LogP contribution in [0.4, 0.5) is 4.79 Å². The van der Waals surface area contributed by atoms with Crippen molar-refractivity contribution in [1.29, 1.82) is 0 Å². The number of amides is 3. The monoisotopic (exact) mass is 287 g/mol. The summed E-state index contributed by atoms with van der Waals surface area (Å²) in [6, 6.07) is 5.79. The molecule has 1 saturated heterocycles. The van der Waals surface area contributed by atoms with Gasteiger partial charge in [0.15, 0.2) is 0 Å². The number of nitrogens with zero attached hydrogens (tertiary/aromatic N) is 1. The van der Waals surface area contributed by atoms with Gasteiger partial charge in [0.25, 0.3) is 5.91 Å². The zero-order valence-corrected chi connectivity index (χ0v) is 12.3. The van der Waals surface area contributed by atoms with E-state index in [1.54, 1.807) is 6.92 Å². The van der Waals surface area contributed by atoms with E-state index in [0.29, 0.717) is 0 Å². The van der Waals surface area contributed by atoms with Gasteiger partial charge in [-0.05, 0) is 49.3 Å². The van der Waals surface area contributed by atoms with Gasteiger partial charge in [0.1, 0.15) is 5.54 Å². The highest BCUT2D eigenvalue weighted by Crippen LogP contribution is 2.32. The van der Waals surface area contributed by atoms with Crippen LogP contribution >= 0.6 is 0 Å². The van der Waals surface area contributed by atoms with Crippen LogP contribution in [0.2, 0.25) is 0 Å². The van der Waals surface area contributed by atoms with Gasteiger partial charge in [-0.15, -0.1) is 0 Å². The third kappa shape index (κ3) is 2.21. The third-order valence-electron chi connectivity index (χ3n) is 4.55. The second-order valence-corrected chi connectivity index (χ2v) is 5.99. The molecular formula is C16H21N3O2. The molecule has 0 aromatic heterocycles. The molecule has 5 heteroatoms. The van der Waals surface area contributed by atoms with E-state index in [0.717, 1.165) is 18.4 Å². The first-order chi connectivity index (χ1) is 10.1. The topological polar surface area (TPSA) is 75.4 Å². The highest BCUT2D eigenvalue weighted by Gasteiger charge is 2.48. The number of urea groups is 1. The Bertz CT molecular complexity index is 599. The molecule has 1 aliphatic heterocycles. The molecule has 0 saturated carbocycles. The second-order valence-electron chi connectivity index (χ2n) is 5.99. The number of benzene rings is 1. The second kappa shape index (κ2) is 5.15. The maximum absolute atomic E-state index is 12.6. The zero-order chi connectivity index (χ0) is 15.0. The van der Waals surface area contributed by atoms with Gasteiger partial charge in [-0.2, -0.15) is 0 Å². The molecule has 2 aliphatic rings. The molecule has 1 atom stereocenters. The first-order valence-corrected chi connectivity index (χ1v) is 7.53. The quantitative estimate of drug-likeness (QED) is 0.823. The van der Waals surface area contributed by atoms with Gasteiger partial charge in [-0.1, -0.05) is 18.2 Å². The van der Waals surface area contributed by atoms with Crippen molar-refractivity contribution in [2.24, 2.45) is 5.73 Å². The fourth-order valence-corrected chi connectivity index (χ4v) is 3.27. The van der Waals surface area contributed by atoms with E-state index >= 15 is 0 Å². The van der Waals surface area contributed by atoms with Crippen molar-refractivity contribution in [2.45, 2.75) is 38.1 Å². The van der Waals surface area contributed by atoms with Crippen LogP contribution in [-0.4, -0.2) is 29.9 Å². The molecule has 3 amide bonds. The molecule has 1 fully saturated rings. The number of imide groups is 1. The molecular weight excluding hydrogens is 266 g/mol. The third-order valence-corrected chi connectivity index (χ3v) is 4.55. The molecule has 5 nitrogen and oxygen atoms in total. The van der Waals surface area contributed by atoms with E-state index in [1.807, 2.05) is 6.07 Å². The maximum atomic E-state index is 12.6. The Morgan fingerprint density at radius 1 is 1.24 bits per heavy atom. The fourth-order valence-electron chi connectivity index (χ4n) is 3.27.